The third-order valence-electron chi connectivity index (χ3n) is 10.9. The van der Waals surface area contributed by atoms with Crippen LogP contribution in [0, 0.1) is 0 Å². The van der Waals surface area contributed by atoms with Crippen LogP contribution in [-0.2, 0) is 9.31 Å². The van der Waals surface area contributed by atoms with Gasteiger partial charge in [-0.2, -0.15) is 0 Å². The quantitative estimate of drug-likeness (QED) is 0.142. The van der Waals surface area contributed by atoms with Crippen molar-refractivity contribution in [2.45, 2.75) is 38.9 Å². The Morgan fingerprint density at radius 1 is 0.367 bits per heavy atom. The molecule has 1 aliphatic heterocycles. The summed E-state index contributed by atoms with van der Waals surface area (Å²) in [5, 5.41) is 10.1. The number of rotatable bonds is 4. The maximum atomic E-state index is 6.43. The summed E-state index contributed by atoms with van der Waals surface area (Å²) in [6.45, 7) is 8.41. The fourth-order valence-electron chi connectivity index (χ4n) is 7.49. The van der Waals surface area contributed by atoms with E-state index >= 15 is 0 Å². The van der Waals surface area contributed by atoms with Gasteiger partial charge in [-0.25, -0.2) is 0 Å². The van der Waals surface area contributed by atoms with E-state index in [1.165, 1.54) is 65.3 Å². The molecule has 0 atom stereocenters. The summed E-state index contributed by atoms with van der Waals surface area (Å²) >= 11 is 0. The molecular formula is C46H37BO2. The molecule has 0 N–H and O–H groups in total. The average molecular weight is 633 g/mol. The second kappa shape index (κ2) is 11.2. The molecule has 0 bridgehead atoms. The molecule has 1 aliphatic rings. The van der Waals surface area contributed by atoms with Gasteiger partial charge in [0.05, 0.1) is 11.2 Å². The molecule has 49 heavy (non-hydrogen) atoms. The molecule has 9 rings (SSSR count). The van der Waals surface area contributed by atoms with Crippen LogP contribution in [0.15, 0.2) is 152 Å². The van der Waals surface area contributed by atoms with Crippen LogP contribution in [-0.4, -0.2) is 18.3 Å². The Labute approximate surface area is 288 Å². The van der Waals surface area contributed by atoms with E-state index in [0.29, 0.717) is 0 Å². The van der Waals surface area contributed by atoms with Gasteiger partial charge in [0.2, 0.25) is 0 Å². The van der Waals surface area contributed by atoms with Gasteiger partial charge in [-0.3, -0.25) is 0 Å². The molecule has 0 saturated carbocycles. The molecule has 8 aromatic rings. The zero-order valence-electron chi connectivity index (χ0n) is 28.3. The van der Waals surface area contributed by atoms with E-state index in [4.69, 9.17) is 9.31 Å². The van der Waals surface area contributed by atoms with E-state index in [2.05, 4.69) is 179 Å². The first kappa shape index (κ1) is 29.9. The monoisotopic (exact) mass is 632 g/mol. The molecular weight excluding hydrogens is 595 g/mol. The summed E-state index contributed by atoms with van der Waals surface area (Å²) in [6, 6.07) is 55.5. The summed E-state index contributed by atoms with van der Waals surface area (Å²) < 4.78 is 12.9. The van der Waals surface area contributed by atoms with Crippen molar-refractivity contribution in [3.05, 3.63) is 152 Å². The molecule has 1 heterocycles. The Hall–Kier alpha value is -5.22. The second-order valence-corrected chi connectivity index (χ2v) is 14.4. The zero-order valence-corrected chi connectivity index (χ0v) is 28.3. The lowest BCUT2D eigenvalue weighted by Crippen LogP contribution is -2.41. The molecule has 0 aliphatic carbocycles. The second-order valence-electron chi connectivity index (χ2n) is 14.4. The SMILES string of the molecule is CC1(C)OB(c2cccc(-c3ccc(-c4ccc5ccccc5c4)c(-c4cccc5c4ccc4c6ccccc6ccc54)c3)c2)OC1(C)C. The molecule has 8 aromatic carbocycles. The molecule has 3 heteroatoms. The summed E-state index contributed by atoms with van der Waals surface area (Å²) in [7, 11) is -0.413. The van der Waals surface area contributed by atoms with E-state index in [0.717, 1.165) is 16.6 Å². The van der Waals surface area contributed by atoms with E-state index in [1.54, 1.807) is 0 Å². The van der Waals surface area contributed by atoms with Gasteiger partial charge in [-0.1, -0.05) is 140 Å². The summed E-state index contributed by atoms with van der Waals surface area (Å²) in [4.78, 5) is 0. The normalized spacial score (nSPS) is 15.5. The minimum absolute atomic E-state index is 0.396. The fraction of sp³-hybridized carbons (Fsp3) is 0.130. The molecule has 0 radical (unpaired) electrons. The Morgan fingerprint density at radius 2 is 0.959 bits per heavy atom. The van der Waals surface area contributed by atoms with Gasteiger partial charge in [0.1, 0.15) is 0 Å². The first-order valence-corrected chi connectivity index (χ1v) is 17.2. The smallest absolute Gasteiger partial charge is 0.399 e. The van der Waals surface area contributed by atoms with E-state index in [1.807, 2.05) is 0 Å². The molecule has 1 fully saturated rings. The third-order valence-corrected chi connectivity index (χ3v) is 10.9. The van der Waals surface area contributed by atoms with Crippen molar-refractivity contribution >= 4 is 55.7 Å². The minimum Gasteiger partial charge on any atom is -0.399 e. The third kappa shape index (κ3) is 4.96. The van der Waals surface area contributed by atoms with Gasteiger partial charge in [0.15, 0.2) is 0 Å². The molecule has 1 saturated heterocycles. The van der Waals surface area contributed by atoms with E-state index in [9.17, 15) is 0 Å². The highest BCUT2D eigenvalue weighted by Gasteiger charge is 2.51. The Balaban J connectivity index is 1.24. The van der Waals surface area contributed by atoms with Crippen molar-refractivity contribution in [1.82, 2.24) is 0 Å². The molecule has 2 nitrogen and oxygen atoms in total. The maximum Gasteiger partial charge on any atom is 0.494 e. The number of benzene rings is 8. The van der Waals surface area contributed by atoms with Crippen LogP contribution in [0.3, 0.4) is 0 Å². The van der Waals surface area contributed by atoms with Crippen molar-refractivity contribution < 1.29 is 9.31 Å². The molecule has 0 spiro atoms. The summed E-state index contributed by atoms with van der Waals surface area (Å²) in [5.41, 5.74) is 7.37. The van der Waals surface area contributed by atoms with Gasteiger partial charge >= 0.3 is 7.12 Å². The topological polar surface area (TPSA) is 18.5 Å². The predicted octanol–water partition coefficient (Wildman–Crippen LogP) is 11.6. The van der Waals surface area contributed by atoms with Crippen LogP contribution in [0.4, 0.5) is 0 Å². The van der Waals surface area contributed by atoms with Crippen LogP contribution in [0.2, 0.25) is 0 Å². The lowest BCUT2D eigenvalue weighted by Gasteiger charge is -2.32. The van der Waals surface area contributed by atoms with Crippen LogP contribution < -0.4 is 5.46 Å². The van der Waals surface area contributed by atoms with Crippen molar-refractivity contribution in [3.63, 3.8) is 0 Å². The molecule has 0 aromatic heterocycles. The Bertz CT molecular complexity index is 2560. The van der Waals surface area contributed by atoms with E-state index < -0.39 is 18.3 Å². The van der Waals surface area contributed by atoms with Crippen molar-refractivity contribution in [2.24, 2.45) is 0 Å². The highest BCUT2D eigenvalue weighted by atomic mass is 16.7. The van der Waals surface area contributed by atoms with E-state index in [-0.39, 0.29) is 0 Å². The Morgan fingerprint density at radius 3 is 1.80 bits per heavy atom. The van der Waals surface area contributed by atoms with Crippen molar-refractivity contribution in [1.29, 1.82) is 0 Å². The summed E-state index contributed by atoms with van der Waals surface area (Å²) in [5.74, 6) is 0. The lowest BCUT2D eigenvalue weighted by atomic mass is 9.77. The standard InChI is InChI=1S/C46H37BO2/c1-45(2)46(3,4)49-47(48-45)36-15-9-14-33(28-36)34-22-23-38(35-20-19-30-11-5-6-13-32(30)27-35)44(29-34)40-18-10-17-39-42-24-21-31-12-7-8-16-37(31)41(42)25-26-43(39)40/h5-29H,1-4H3. The largest absolute Gasteiger partial charge is 0.494 e. The number of hydrogen-bond acceptors (Lipinski definition) is 2. The molecule has 236 valence electrons. The average Bonchev–Trinajstić information content (AvgIpc) is 3.36. The maximum absolute atomic E-state index is 6.43. The fourth-order valence-corrected chi connectivity index (χ4v) is 7.49. The van der Waals surface area contributed by atoms with Gasteiger partial charge in [0.25, 0.3) is 0 Å². The van der Waals surface area contributed by atoms with Crippen molar-refractivity contribution in [3.8, 4) is 33.4 Å². The van der Waals surface area contributed by atoms with Crippen LogP contribution in [0.5, 0.6) is 0 Å². The predicted molar refractivity (Wildman–Crippen MR) is 208 cm³/mol. The lowest BCUT2D eigenvalue weighted by molar-refractivity contribution is 0.00578. The highest BCUT2D eigenvalue weighted by Crippen LogP contribution is 2.42. The highest BCUT2D eigenvalue weighted by molar-refractivity contribution is 6.62. The first-order valence-electron chi connectivity index (χ1n) is 17.2. The van der Waals surface area contributed by atoms with Crippen molar-refractivity contribution in [2.75, 3.05) is 0 Å². The number of hydrogen-bond donors (Lipinski definition) is 0. The number of fused-ring (bicyclic) bond motifs is 6. The Kier molecular flexibility index (Phi) is 6.81. The van der Waals surface area contributed by atoms with Gasteiger partial charge < -0.3 is 9.31 Å². The van der Waals surface area contributed by atoms with Gasteiger partial charge in [-0.05, 0) is 122 Å². The molecule has 0 amide bonds. The van der Waals surface area contributed by atoms with Gasteiger partial charge in [0, 0.05) is 0 Å². The summed E-state index contributed by atoms with van der Waals surface area (Å²) in [6.07, 6.45) is 0. The minimum atomic E-state index is -0.413. The molecule has 0 unspecified atom stereocenters. The van der Waals surface area contributed by atoms with Crippen LogP contribution in [0.1, 0.15) is 27.7 Å². The van der Waals surface area contributed by atoms with Crippen LogP contribution >= 0.6 is 0 Å². The van der Waals surface area contributed by atoms with Crippen LogP contribution in [0.25, 0.3) is 76.5 Å². The zero-order chi connectivity index (χ0) is 33.3. The van der Waals surface area contributed by atoms with Gasteiger partial charge in [-0.15, -0.1) is 0 Å². The first-order chi connectivity index (χ1) is 23.8.